The number of rotatable bonds is 5. The van der Waals surface area contributed by atoms with Gasteiger partial charge in [0.15, 0.2) is 0 Å². The van der Waals surface area contributed by atoms with E-state index in [9.17, 15) is 5.11 Å². The van der Waals surface area contributed by atoms with Crippen molar-refractivity contribution in [3.63, 3.8) is 0 Å². The average molecular weight is 244 g/mol. The zero-order valence-electron chi connectivity index (χ0n) is 11.0. The highest BCUT2D eigenvalue weighted by atomic mass is 16.3. The van der Waals surface area contributed by atoms with Gasteiger partial charge in [0.2, 0.25) is 0 Å². The van der Waals surface area contributed by atoms with Crippen LogP contribution in [0, 0.1) is 6.92 Å². The maximum Gasteiger partial charge on any atom is 0.131 e. The normalized spacial score (nSPS) is 17.6. The number of nitrogens with one attached hydrogen (secondary N) is 1. The summed E-state index contributed by atoms with van der Waals surface area (Å²) >= 11 is 0. The lowest BCUT2D eigenvalue weighted by atomic mass is 10.0. The Bertz CT molecular complexity index is 475. The molecule has 18 heavy (non-hydrogen) atoms. The van der Waals surface area contributed by atoms with Crippen molar-refractivity contribution in [2.24, 2.45) is 4.99 Å². The molecule has 0 spiro atoms. The van der Waals surface area contributed by atoms with Crippen LogP contribution in [0.5, 0.6) is 0 Å². The first kappa shape index (κ1) is 13.0. The van der Waals surface area contributed by atoms with Crippen molar-refractivity contribution >= 4 is 12.3 Å². The van der Waals surface area contributed by atoms with Crippen molar-refractivity contribution in [3.05, 3.63) is 41.1 Å². The predicted molar refractivity (Wildman–Crippen MR) is 75.5 cm³/mol. The molecule has 1 unspecified atom stereocenters. The van der Waals surface area contributed by atoms with Crippen molar-refractivity contribution in [2.75, 3.05) is 0 Å². The molecule has 1 aliphatic carbocycles. The average Bonchev–Trinajstić information content (AvgIpc) is 3.12. The van der Waals surface area contributed by atoms with Gasteiger partial charge in [-0.05, 0) is 55.7 Å². The van der Waals surface area contributed by atoms with Crippen LogP contribution in [0.1, 0.15) is 42.7 Å². The number of aryl methyl sites for hydroxylation is 1. The van der Waals surface area contributed by atoms with E-state index in [4.69, 9.17) is 0 Å². The van der Waals surface area contributed by atoms with E-state index in [2.05, 4.69) is 23.1 Å². The third kappa shape index (κ3) is 3.06. The summed E-state index contributed by atoms with van der Waals surface area (Å²) in [5, 5.41) is 13.3. The maximum atomic E-state index is 10.1. The Labute approximate surface area is 108 Å². The first-order chi connectivity index (χ1) is 8.61. The second-order valence-corrected chi connectivity index (χ2v) is 4.91. The fraction of sp³-hybridized carbons (Fsp3) is 0.400. The quantitative estimate of drug-likeness (QED) is 0.618. The molecule has 3 nitrogen and oxygen atoms in total. The van der Waals surface area contributed by atoms with Gasteiger partial charge in [-0.25, -0.2) is 0 Å². The number of aliphatic hydroxyl groups excluding tert-OH is 1. The number of hydrogen-bond donors (Lipinski definition) is 2. The van der Waals surface area contributed by atoms with Crippen LogP contribution in [-0.2, 0) is 0 Å². The van der Waals surface area contributed by atoms with Gasteiger partial charge in [-0.2, -0.15) is 0 Å². The van der Waals surface area contributed by atoms with Gasteiger partial charge in [-0.3, -0.25) is 10.3 Å². The van der Waals surface area contributed by atoms with Gasteiger partial charge in [0.25, 0.3) is 0 Å². The Morgan fingerprint density at radius 1 is 1.56 bits per heavy atom. The van der Waals surface area contributed by atoms with Crippen molar-refractivity contribution in [2.45, 2.75) is 39.0 Å². The minimum Gasteiger partial charge on any atom is -0.374 e. The maximum absolute atomic E-state index is 10.1. The molecule has 0 bridgehead atoms. The molecule has 2 N–H and O–H groups in total. The summed E-state index contributed by atoms with van der Waals surface area (Å²) in [5.74, 6) is 0. The minimum absolute atomic E-state index is 0.491. The summed E-state index contributed by atoms with van der Waals surface area (Å²) in [6, 6.07) is 6.55. The minimum atomic E-state index is -0.562. The number of aliphatic imine (C=N–C) groups is 1. The Hall–Kier alpha value is -1.45. The van der Waals surface area contributed by atoms with Gasteiger partial charge in [0.1, 0.15) is 6.23 Å². The van der Waals surface area contributed by atoms with Crippen molar-refractivity contribution < 1.29 is 5.11 Å². The summed E-state index contributed by atoms with van der Waals surface area (Å²) in [6.45, 7) is 7.48. The molecule has 1 aromatic carbocycles. The van der Waals surface area contributed by atoms with Gasteiger partial charge in [-0.15, -0.1) is 0 Å². The summed E-state index contributed by atoms with van der Waals surface area (Å²) in [7, 11) is 0. The fourth-order valence-corrected chi connectivity index (χ4v) is 2.00. The standard InChI is InChI=1S/C15H20N2O/c1-10-8-12(11(2)9-16-3)4-7-14(10)15(18)17-13-5-6-13/h4,7-9,13,15,17-18H,3,5-6H2,1-2H3. The first-order valence-electron chi connectivity index (χ1n) is 6.29. The van der Waals surface area contributed by atoms with E-state index in [0.29, 0.717) is 6.04 Å². The molecule has 0 saturated heterocycles. The highest BCUT2D eigenvalue weighted by Crippen LogP contribution is 2.26. The molecule has 1 saturated carbocycles. The SMILES string of the molecule is C=NC=C(C)c1ccc(C(O)NC2CC2)c(C)c1. The smallest absolute Gasteiger partial charge is 0.131 e. The molecule has 0 heterocycles. The van der Waals surface area contributed by atoms with Crippen LogP contribution in [0.15, 0.2) is 29.4 Å². The zero-order valence-corrected chi connectivity index (χ0v) is 11.0. The summed E-state index contributed by atoms with van der Waals surface area (Å²) in [5.41, 5.74) is 4.22. The monoisotopic (exact) mass is 244 g/mol. The van der Waals surface area contributed by atoms with Crippen LogP contribution < -0.4 is 5.32 Å². The van der Waals surface area contributed by atoms with E-state index >= 15 is 0 Å². The van der Waals surface area contributed by atoms with Crippen LogP contribution in [0.4, 0.5) is 0 Å². The van der Waals surface area contributed by atoms with E-state index in [1.54, 1.807) is 6.20 Å². The number of allylic oxidation sites excluding steroid dienone is 1. The second kappa shape index (κ2) is 5.46. The molecule has 1 aromatic rings. The topological polar surface area (TPSA) is 44.6 Å². The molecule has 1 fully saturated rings. The van der Waals surface area contributed by atoms with Crippen molar-refractivity contribution in [3.8, 4) is 0 Å². The first-order valence-corrected chi connectivity index (χ1v) is 6.29. The van der Waals surface area contributed by atoms with Crippen LogP contribution in [0.25, 0.3) is 5.57 Å². The number of aliphatic hydroxyl groups is 1. The summed E-state index contributed by atoms with van der Waals surface area (Å²) in [6.07, 6.45) is 3.52. The van der Waals surface area contributed by atoms with E-state index in [-0.39, 0.29) is 0 Å². The van der Waals surface area contributed by atoms with Crippen LogP contribution >= 0.6 is 0 Å². The number of benzene rings is 1. The molecule has 0 radical (unpaired) electrons. The Morgan fingerprint density at radius 2 is 2.28 bits per heavy atom. The second-order valence-electron chi connectivity index (χ2n) is 4.91. The predicted octanol–water partition coefficient (Wildman–Crippen LogP) is 2.80. The molecule has 2 rings (SSSR count). The van der Waals surface area contributed by atoms with E-state index in [0.717, 1.165) is 22.3 Å². The Morgan fingerprint density at radius 3 is 2.83 bits per heavy atom. The van der Waals surface area contributed by atoms with Gasteiger partial charge in [0, 0.05) is 12.2 Å². The lowest BCUT2D eigenvalue weighted by molar-refractivity contribution is 0.136. The van der Waals surface area contributed by atoms with Gasteiger partial charge < -0.3 is 5.11 Å². The van der Waals surface area contributed by atoms with Gasteiger partial charge in [-0.1, -0.05) is 18.2 Å². The third-order valence-electron chi connectivity index (χ3n) is 3.28. The van der Waals surface area contributed by atoms with Crippen molar-refractivity contribution in [1.82, 2.24) is 5.32 Å². The molecule has 3 heteroatoms. The summed E-state index contributed by atoms with van der Waals surface area (Å²) in [4.78, 5) is 3.77. The van der Waals surface area contributed by atoms with Gasteiger partial charge >= 0.3 is 0 Å². The van der Waals surface area contributed by atoms with E-state index in [1.807, 2.05) is 26.0 Å². The van der Waals surface area contributed by atoms with E-state index < -0.39 is 6.23 Å². The lowest BCUT2D eigenvalue weighted by Gasteiger charge is -2.16. The molecule has 1 aliphatic rings. The summed E-state index contributed by atoms with van der Waals surface area (Å²) < 4.78 is 0. The van der Waals surface area contributed by atoms with E-state index in [1.165, 1.54) is 12.8 Å². The van der Waals surface area contributed by atoms with Crippen LogP contribution in [0.2, 0.25) is 0 Å². The number of nitrogens with zero attached hydrogens (tertiary/aromatic N) is 1. The third-order valence-corrected chi connectivity index (χ3v) is 3.28. The molecule has 0 aromatic heterocycles. The Kier molecular flexibility index (Phi) is 3.94. The highest BCUT2D eigenvalue weighted by Gasteiger charge is 2.24. The molecular weight excluding hydrogens is 224 g/mol. The molecule has 1 atom stereocenters. The molecule has 0 amide bonds. The van der Waals surface area contributed by atoms with Crippen LogP contribution in [0.3, 0.4) is 0 Å². The zero-order chi connectivity index (χ0) is 13.1. The Balaban J connectivity index is 2.18. The highest BCUT2D eigenvalue weighted by molar-refractivity contribution is 5.65. The molecule has 0 aliphatic heterocycles. The largest absolute Gasteiger partial charge is 0.374 e. The fourth-order valence-electron chi connectivity index (χ4n) is 2.00. The van der Waals surface area contributed by atoms with Gasteiger partial charge in [0.05, 0.1) is 0 Å². The molecule has 96 valence electrons. The van der Waals surface area contributed by atoms with Crippen molar-refractivity contribution in [1.29, 1.82) is 0 Å². The lowest BCUT2D eigenvalue weighted by Crippen LogP contribution is -2.23. The number of hydrogen-bond acceptors (Lipinski definition) is 3. The molecular formula is C15H20N2O. The van der Waals surface area contributed by atoms with Crippen LogP contribution in [-0.4, -0.2) is 17.9 Å².